The molecular weight excluding hydrogens is 252 g/mol. The minimum Gasteiger partial charge on any atom is -0.496 e. The second-order valence-electron chi connectivity index (χ2n) is 5.39. The molecule has 20 heavy (non-hydrogen) atoms. The Hall–Kier alpha value is -1.26. The van der Waals surface area contributed by atoms with Crippen LogP contribution in [-0.2, 0) is 19.5 Å². The van der Waals surface area contributed by atoms with E-state index in [1.165, 1.54) is 16.7 Å². The summed E-state index contributed by atoms with van der Waals surface area (Å²) in [6, 6.07) is 2.58. The smallest absolute Gasteiger partial charge is 0.127 e. The van der Waals surface area contributed by atoms with Gasteiger partial charge in [0.2, 0.25) is 0 Å². The molecule has 1 unspecified atom stereocenters. The number of rotatable bonds is 6. The summed E-state index contributed by atoms with van der Waals surface area (Å²) in [6.07, 6.45) is 2.11. The highest BCUT2D eigenvalue weighted by Gasteiger charge is 2.24. The molecule has 4 heteroatoms. The lowest BCUT2D eigenvalue weighted by Crippen LogP contribution is -2.33. The first-order valence-corrected chi connectivity index (χ1v) is 7.40. The Morgan fingerprint density at radius 3 is 2.75 bits per heavy atom. The van der Waals surface area contributed by atoms with Crippen molar-refractivity contribution in [3.8, 4) is 11.5 Å². The average molecular weight is 278 g/mol. The Labute approximate surface area is 121 Å². The van der Waals surface area contributed by atoms with E-state index in [0.717, 1.165) is 44.0 Å². The van der Waals surface area contributed by atoms with Gasteiger partial charge in [0.1, 0.15) is 11.5 Å². The van der Waals surface area contributed by atoms with Crippen molar-refractivity contribution in [3.63, 3.8) is 0 Å². The molecule has 0 amide bonds. The second-order valence-corrected chi connectivity index (χ2v) is 5.39. The molecule has 0 saturated heterocycles. The van der Waals surface area contributed by atoms with Crippen molar-refractivity contribution in [2.75, 3.05) is 20.8 Å². The number of hydrogen-bond acceptors (Lipinski definition) is 4. The molecule has 112 valence electrons. The Balaban J connectivity index is 2.38. The van der Waals surface area contributed by atoms with Gasteiger partial charge >= 0.3 is 0 Å². The number of hydrogen-bond donors (Lipinski definition) is 2. The molecule has 1 heterocycles. The van der Waals surface area contributed by atoms with Crippen LogP contribution in [0.15, 0.2) is 6.07 Å². The summed E-state index contributed by atoms with van der Waals surface area (Å²) in [6.45, 7) is 7.06. The molecule has 1 aromatic carbocycles. The van der Waals surface area contributed by atoms with Crippen LogP contribution in [0.3, 0.4) is 0 Å². The van der Waals surface area contributed by atoms with Crippen LogP contribution < -0.4 is 20.1 Å². The molecule has 0 fully saturated rings. The number of methoxy groups -OCH3 is 2. The van der Waals surface area contributed by atoms with Gasteiger partial charge in [-0.1, -0.05) is 6.92 Å². The van der Waals surface area contributed by atoms with Crippen LogP contribution in [-0.4, -0.2) is 26.8 Å². The average Bonchev–Trinajstić information content (AvgIpc) is 2.46. The van der Waals surface area contributed by atoms with Gasteiger partial charge in [0.25, 0.3) is 0 Å². The molecular formula is C16H26N2O2. The van der Waals surface area contributed by atoms with Crippen LogP contribution in [0.1, 0.15) is 37.0 Å². The van der Waals surface area contributed by atoms with Crippen molar-refractivity contribution in [2.24, 2.45) is 0 Å². The highest BCUT2D eigenvalue weighted by Crippen LogP contribution is 2.37. The summed E-state index contributed by atoms with van der Waals surface area (Å²) in [5.41, 5.74) is 3.72. The maximum atomic E-state index is 5.70. The van der Waals surface area contributed by atoms with Gasteiger partial charge in [-0.05, 0) is 32.4 Å². The fraction of sp³-hybridized carbons (Fsp3) is 0.625. The van der Waals surface area contributed by atoms with Gasteiger partial charge in [-0.15, -0.1) is 0 Å². The molecule has 0 saturated carbocycles. The van der Waals surface area contributed by atoms with Gasteiger partial charge in [-0.25, -0.2) is 0 Å². The number of ether oxygens (including phenoxy) is 2. The first-order chi connectivity index (χ1) is 9.71. The molecule has 1 aromatic rings. The van der Waals surface area contributed by atoms with E-state index in [2.05, 4.69) is 30.5 Å². The monoisotopic (exact) mass is 278 g/mol. The summed E-state index contributed by atoms with van der Waals surface area (Å²) in [4.78, 5) is 0. The van der Waals surface area contributed by atoms with Gasteiger partial charge in [-0.2, -0.15) is 0 Å². The topological polar surface area (TPSA) is 42.5 Å². The summed E-state index contributed by atoms with van der Waals surface area (Å²) >= 11 is 0. The van der Waals surface area contributed by atoms with Gasteiger partial charge in [0, 0.05) is 35.8 Å². The molecule has 0 bridgehead atoms. The number of benzene rings is 1. The van der Waals surface area contributed by atoms with Crippen LogP contribution in [0.4, 0.5) is 0 Å². The van der Waals surface area contributed by atoms with Crippen LogP contribution in [0, 0.1) is 0 Å². The van der Waals surface area contributed by atoms with E-state index < -0.39 is 0 Å². The van der Waals surface area contributed by atoms with E-state index in [4.69, 9.17) is 9.47 Å². The summed E-state index contributed by atoms with van der Waals surface area (Å²) in [7, 11) is 3.50. The fourth-order valence-electron chi connectivity index (χ4n) is 2.82. The fourth-order valence-corrected chi connectivity index (χ4v) is 2.82. The van der Waals surface area contributed by atoms with Gasteiger partial charge in [-0.3, -0.25) is 0 Å². The Morgan fingerprint density at radius 2 is 2.10 bits per heavy atom. The standard InChI is InChI=1S/C16H26N2O2/c1-5-6-17-9-12-8-15(19-3)14-10-18-11(2)7-13(14)16(12)20-4/h8,11,17-18H,5-7,9-10H2,1-4H3. The van der Waals surface area contributed by atoms with Crippen LogP contribution in [0.25, 0.3) is 0 Å². The predicted octanol–water partition coefficient (Wildman–Crippen LogP) is 2.24. The highest BCUT2D eigenvalue weighted by atomic mass is 16.5. The Bertz CT molecular complexity index is 460. The zero-order chi connectivity index (χ0) is 14.5. The van der Waals surface area contributed by atoms with Crippen LogP contribution in [0.5, 0.6) is 11.5 Å². The lowest BCUT2D eigenvalue weighted by molar-refractivity contribution is 0.374. The summed E-state index contributed by atoms with van der Waals surface area (Å²) in [5, 5.41) is 6.93. The Kier molecular flexibility index (Phi) is 5.26. The first kappa shape index (κ1) is 15.1. The van der Waals surface area contributed by atoms with E-state index in [1.807, 2.05) is 0 Å². The van der Waals surface area contributed by atoms with Crippen molar-refractivity contribution in [1.82, 2.24) is 10.6 Å². The van der Waals surface area contributed by atoms with E-state index in [9.17, 15) is 0 Å². The second kappa shape index (κ2) is 6.95. The van der Waals surface area contributed by atoms with Crippen molar-refractivity contribution in [1.29, 1.82) is 0 Å². The molecule has 1 aliphatic heterocycles. The zero-order valence-electron chi connectivity index (χ0n) is 13.0. The van der Waals surface area contributed by atoms with Crippen molar-refractivity contribution >= 4 is 0 Å². The Morgan fingerprint density at radius 1 is 1.30 bits per heavy atom. The number of fused-ring (bicyclic) bond motifs is 1. The zero-order valence-corrected chi connectivity index (χ0v) is 13.0. The van der Waals surface area contributed by atoms with Crippen LogP contribution >= 0.6 is 0 Å². The largest absolute Gasteiger partial charge is 0.496 e. The molecule has 1 aliphatic rings. The maximum absolute atomic E-state index is 5.70. The van der Waals surface area contributed by atoms with E-state index in [0.29, 0.717) is 6.04 Å². The van der Waals surface area contributed by atoms with Crippen molar-refractivity contribution in [3.05, 3.63) is 22.8 Å². The predicted molar refractivity (Wildman–Crippen MR) is 81.5 cm³/mol. The minimum atomic E-state index is 0.472. The van der Waals surface area contributed by atoms with E-state index in [-0.39, 0.29) is 0 Å². The molecule has 0 radical (unpaired) electrons. The van der Waals surface area contributed by atoms with E-state index >= 15 is 0 Å². The van der Waals surface area contributed by atoms with Gasteiger partial charge in [0.15, 0.2) is 0 Å². The number of nitrogens with one attached hydrogen (secondary N) is 2. The van der Waals surface area contributed by atoms with Crippen LogP contribution in [0.2, 0.25) is 0 Å². The first-order valence-electron chi connectivity index (χ1n) is 7.40. The lowest BCUT2D eigenvalue weighted by atomic mass is 9.92. The maximum Gasteiger partial charge on any atom is 0.127 e. The summed E-state index contributed by atoms with van der Waals surface area (Å²) in [5.74, 6) is 1.99. The summed E-state index contributed by atoms with van der Waals surface area (Å²) < 4.78 is 11.3. The third-order valence-corrected chi connectivity index (χ3v) is 3.84. The molecule has 0 spiro atoms. The lowest BCUT2D eigenvalue weighted by Gasteiger charge is -2.28. The third-order valence-electron chi connectivity index (χ3n) is 3.84. The third kappa shape index (κ3) is 3.07. The molecule has 2 N–H and O–H groups in total. The highest BCUT2D eigenvalue weighted by molar-refractivity contribution is 5.55. The normalized spacial score (nSPS) is 17.7. The van der Waals surface area contributed by atoms with E-state index in [1.54, 1.807) is 14.2 Å². The molecule has 4 nitrogen and oxygen atoms in total. The van der Waals surface area contributed by atoms with Crippen molar-refractivity contribution in [2.45, 2.75) is 45.8 Å². The molecule has 0 aliphatic carbocycles. The molecule has 2 rings (SSSR count). The van der Waals surface area contributed by atoms with Crippen molar-refractivity contribution < 1.29 is 9.47 Å². The minimum absolute atomic E-state index is 0.472. The molecule has 1 atom stereocenters. The quantitative estimate of drug-likeness (QED) is 0.783. The van der Waals surface area contributed by atoms with Gasteiger partial charge in [0.05, 0.1) is 14.2 Å². The molecule has 0 aromatic heterocycles. The van der Waals surface area contributed by atoms with Gasteiger partial charge < -0.3 is 20.1 Å². The SMILES string of the molecule is CCCNCc1cc(OC)c2c(c1OC)CC(C)NC2.